The zero-order valence-electron chi connectivity index (χ0n) is 11.3. The van der Waals surface area contributed by atoms with Gasteiger partial charge in [0.15, 0.2) is 0 Å². The third-order valence-electron chi connectivity index (χ3n) is 2.12. The zero-order chi connectivity index (χ0) is 15.2. The highest BCUT2D eigenvalue weighted by molar-refractivity contribution is 8.00. The number of nitrogens with one attached hydrogen (secondary N) is 1. The topological polar surface area (TPSA) is 60.2 Å². The van der Waals surface area contributed by atoms with Gasteiger partial charge >= 0.3 is 5.51 Å². The second-order valence-corrected chi connectivity index (χ2v) is 5.68. The van der Waals surface area contributed by atoms with Gasteiger partial charge < -0.3 is 15.8 Å². The number of rotatable bonds is 7. The standard InChI is InChI=1S/C12H18F3N3OS/c1-8(2)7-19-11-9(16)3-4-10(18-11)17-5-6-20-12(13,14)15/h3-4,8H,5-7,16H2,1-2H3,(H,17,18). The molecule has 0 saturated heterocycles. The van der Waals surface area contributed by atoms with Crippen LogP contribution in [-0.2, 0) is 0 Å². The molecule has 0 spiro atoms. The van der Waals surface area contributed by atoms with Gasteiger partial charge in [-0.2, -0.15) is 18.2 Å². The molecule has 3 N–H and O–H groups in total. The second-order valence-electron chi connectivity index (χ2n) is 4.52. The molecule has 0 atom stereocenters. The fourth-order valence-electron chi connectivity index (χ4n) is 1.26. The maximum Gasteiger partial charge on any atom is 0.441 e. The SMILES string of the molecule is CC(C)COc1nc(NCCSC(F)(F)F)ccc1N. The highest BCUT2D eigenvalue weighted by Crippen LogP contribution is 2.29. The van der Waals surface area contributed by atoms with Gasteiger partial charge in [0.25, 0.3) is 0 Å². The Morgan fingerprint density at radius 3 is 2.70 bits per heavy atom. The fourth-order valence-corrected chi connectivity index (χ4v) is 1.69. The van der Waals surface area contributed by atoms with Gasteiger partial charge in [0.05, 0.1) is 12.3 Å². The Labute approximate surface area is 120 Å². The number of thioether (sulfide) groups is 1. The van der Waals surface area contributed by atoms with E-state index in [4.69, 9.17) is 10.5 Å². The zero-order valence-corrected chi connectivity index (χ0v) is 12.1. The van der Waals surface area contributed by atoms with Crippen molar-refractivity contribution in [2.75, 3.05) is 30.0 Å². The van der Waals surface area contributed by atoms with Crippen LogP contribution < -0.4 is 15.8 Å². The van der Waals surface area contributed by atoms with Crippen molar-refractivity contribution in [3.8, 4) is 5.88 Å². The molecule has 1 heterocycles. The average Bonchev–Trinajstić information content (AvgIpc) is 2.33. The Hall–Kier alpha value is -1.31. The number of anilines is 2. The van der Waals surface area contributed by atoms with E-state index in [1.807, 2.05) is 13.8 Å². The summed E-state index contributed by atoms with van der Waals surface area (Å²) in [5.41, 5.74) is 1.92. The van der Waals surface area contributed by atoms with Crippen molar-refractivity contribution in [1.82, 2.24) is 4.98 Å². The lowest BCUT2D eigenvalue weighted by Gasteiger charge is -2.12. The molecule has 20 heavy (non-hydrogen) atoms. The quantitative estimate of drug-likeness (QED) is 0.756. The number of pyridine rings is 1. The van der Waals surface area contributed by atoms with Crippen LogP contribution in [0.3, 0.4) is 0 Å². The number of halogens is 3. The lowest BCUT2D eigenvalue weighted by atomic mass is 10.2. The fraction of sp³-hybridized carbons (Fsp3) is 0.583. The number of nitrogens with two attached hydrogens (primary N) is 1. The first-order valence-corrected chi connectivity index (χ1v) is 7.10. The smallest absolute Gasteiger partial charge is 0.441 e. The maximum absolute atomic E-state index is 12.0. The summed E-state index contributed by atoms with van der Waals surface area (Å²) < 4.78 is 41.3. The summed E-state index contributed by atoms with van der Waals surface area (Å²) in [5.74, 6) is 0.987. The summed E-state index contributed by atoms with van der Waals surface area (Å²) in [7, 11) is 0. The minimum Gasteiger partial charge on any atom is -0.476 e. The molecule has 8 heteroatoms. The van der Waals surface area contributed by atoms with E-state index in [2.05, 4.69) is 10.3 Å². The largest absolute Gasteiger partial charge is 0.476 e. The molecular formula is C12H18F3N3OS. The van der Waals surface area contributed by atoms with E-state index in [0.717, 1.165) is 0 Å². The number of ether oxygens (including phenoxy) is 1. The Morgan fingerprint density at radius 2 is 2.10 bits per heavy atom. The molecular weight excluding hydrogens is 291 g/mol. The van der Waals surface area contributed by atoms with Gasteiger partial charge in [0, 0.05) is 12.3 Å². The van der Waals surface area contributed by atoms with Gasteiger partial charge in [0.1, 0.15) is 5.82 Å². The van der Waals surface area contributed by atoms with E-state index in [-0.39, 0.29) is 24.1 Å². The van der Waals surface area contributed by atoms with Crippen LogP contribution in [0.5, 0.6) is 5.88 Å². The van der Waals surface area contributed by atoms with Crippen LogP contribution in [0.4, 0.5) is 24.7 Å². The molecule has 1 rings (SSSR count). The molecule has 1 aromatic rings. The van der Waals surface area contributed by atoms with Crippen molar-refractivity contribution < 1.29 is 17.9 Å². The summed E-state index contributed by atoms with van der Waals surface area (Å²) in [6.45, 7) is 4.62. The van der Waals surface area contributed by atoms with E-state index in [0.29, 0.717) is 29.9 Å². The third-order valence-corrected chi connectivity index (χ3v) is 2.85. The van der Waals surface area contributed by atoms with Crippen LogP contribution in [0.25, 0.3) is 0 Å². The van der Waals surface area contributed by atoms with E-state index >= 15 is 0 Å². The van der Waals surface area contributed by atoms with Gasteiger partial charge in [-0.15, -0.1) is 0 Å². The molecule has 0 fully saturated rings. The normalized spacial score (nSPS) is 11.7. The van der Waals surface area contributed by atoms with E-state index in [9.17, 15) is 13.2 Å². The van der Waals surface area contributed by atoms with Gasteiger partial charge in [-0.05, 0) is 29.8 Å². The molecule has 0 aliphatic heterocycles. The molecule has 0 radical (unpaired) electrons. The van der Waals surface area contributed by atoms with Crippen molar-refractivity contribution >= 4 is 23.3 Å². The molecule has 0 aromatic carbocycles. The van der Waals surface area contributed by atoms with Crippen molar-refractivity contribution in [3.63, 3.8) is 0 Å². The minimum atomic E-state index is -4.21. The highest BCUT2D eigenvalue weighted by atomic mass is 32.2. The number of hydrogen-bond donors (Lipinski definition) is 2. The van der Waals surface area contributed by atoms with Gasteiger partial charge in [-0.3, -0.25) is 0 Å². The first-order chi connectivity index (χ1) is 9.28. The molecule has 0 bridgehead atoms. The van der Waals surface area contributed by atoms with Crippen molar-refractivity contribution in [1.29, 1.82) is 0 Å². The Balaban J connectivity index is 2.48. The van der Waals surface area contributed by atoms with E-state index in [1.54, 1.807) is 12.1 Å². The molecule has 114 valence electrons. The van der Waals surface area contributed by atoms with Crippen molar-refractivity contribution in [2.45, 2.75) is 19.4 Å². The minimum absolute atomic E-state index is 0.0719. The molecule has 0 aliphatic rings. The summed E-state index contributed by atoms with van der Waals surface area (Å²) in [5, 5.41) is 2.80. The third kappa shape index (κ3) is 6.74. The Morgan fingerprint density at radius 1 is 1.40 bits per heavy atom. The number of aromatic nitrogens is 1. The van der Waals surface area contributed by atoms with Crippen molar-refractivity contribution in [3.05, 3.63) is 12.1 Å². The van der Waals surface area contributed by atoms with Crippen LogP contribution >= 0.6 is 11.8 Å². The summed E-state index contributed by atoms with van der Waals surface area (Å²) in [6, 6.07) is 3.22. The average molecular weight is 309 g/mol. The van der Waals surface area contributed by atoms with E-state index < -0.39 is 5.51 Å². The van der Waals surface area contributed by atoms with Gasteiger partial charge in [0.2, 0.25) is 5.88 Å². The first kappa shape index (κ1) is 16.7. The summed E-state index contributed by atoms with van der Waals surface area (Å²) in [4.78, 5) is 4.13. The first-order valence-electron chi connectivity index (χ1n) is 6.12. The van der Waals surface area contributed by atoms with Crippen LogP contribution in [0.15, 0.2) is 12.1 Å². The van der Waals surface area contributed by atoms with Crippen LogP contribution in [0.1, 0.15) is 13.8 Å². The molecule has 0 aliphatic carbocycles. The second kappa shape index (κ2) is 7.47. The van der Waals surface area contributed by atoms with Crippen molar-refractivity contribution in [2.24, 2.45) is 5.92 Å². The Kier molecular flexibility index (Phi) is 6.25. The van der Waals surface area contributed by atoms with Gasteiger partial charge in [-0.25, -0.2) is 0 Å². The lowest BCUT2D eigenvalue weighted by molar-refractivity contribution is -0.0327. The Bertz CT molecular complexity index is 427. The molecule has 1 aromatic heterocycles. The highest BCUT2D eigenvalue weighted by Gasteiger charge is 2.27. The van der Waals surface area contributed by atoms with Crippen LogP contribution in [0, 0.1) is 5.92 Å². The number of alkyl halides is 3. The predicted octanol–water partition coefficient (Wildman–Crippen LogP) is 3.36. The molecule has 0 unspecified atom stereocenters. The molecule has 0 amide bonds. The van der Waals surface area contributed by atoms with Crippen LogP contribution in [0.2, 0.25) is 0 Å². The predicted molar refractivity (Wildman–Crippen MR) is 76.0 cm³/mol. The monoisotopic (exact) mass is 309 g/mol. The van der Waals surface area contributed by atoms with E-state index in [1.165, 1.54) is 0 Å². The van der Waals surface area contributed by atoms with Crippen LogP contribution in [-0.4, -0.2) is 29.4 Å². The molecule has 4 nitrogen and oxygen atoms in total. The summed E-state index contributed by atoms with van der Waals surface area (Å²) >= 11 is -0.0719. The lowest BCUT2D eigenvalue weighted by Crippen LogP contribution is -2.12. The number of hydrogen-bond acceptors (Lipinski definition) is 5. The molecule has 0 saturated carbocycles. The van der Waals surface area contributed by atoms with Gasteiger partial charge in [-0.1, -0.05) is 13.8 Å². The number of nitrogens with zero attached hydrogens (tertiary/aromatic N) is 1. The number of nitrogen functional groups attached to an aromatic ring is 1. The summed E-state index contributed by atoms with van der Waals surface area (Å²) in [6.07, 6.45) is 0. The maximum atomic E-state index is 12.0.